The number of carbonyl (C=O) groups excluding carboxylic acids is 1. The van der Waals surface area contributed by atoms with Crippen LogP contribution in [0.2, 0.25) is 0 Å². The Morgan fingerprint density at radius 1 is 1.08 bits per heavy atom. The lowest BCUT2D eigenvalue weighted by molar-refractivity contribution is -0.274. The summed E-state index contributed by atoms with van der Waals surface area (Å²) in [6.45, 7) is 0. The van der Waals surface area contributed by atoms with Crippen molar-refractivity contribution >= 4 is 28.2 Å². The molecule has 2 aromatic carbocycles. The molecule has 128 valence electrons. The molecule has 0 fully saturated rings. The Labute approximate surface area is 140 Å². The number of ether oxygens (including phenoxy) is 1. The van der Waals surface area contributed by atoms with Gasteiger partial charge >= 0.3 is 6.36 Å². The number of alkyl halides is 3. The number of anilines is 2. The molecule has 0 atom stereocenters. The highest BCUT2D eigenvalue weighted by Gasteiger charge is 2.31. The highest BCUT2D eigenvalue weighted by molar-refractivity contribution is 5.95. The Morgan fingerprint density at radius 3 is 2.44 bits per heavy atom. The quantitative estimate of drug-likeness (QED) is 0.748. The van der Waals surface area contributed by atoms with E-state index in [0.717, 1.165) is 0 Å². The van der Waals surface area contributed by atoms with Gasteiger partial charge in [0.15, 0.2) is 0 Å². The first-order chi connectivity index (χ1) is 11.8. The van der Waals surface area contributed by atoms with Crippen LogP contribution in [0.15, 0.2) is 54.7 Å². The molecule has 3 N–H and O–H groups in total. The number of rotatable bonds is 4. The van der Waals surface area contributed by atoms with E-state index in [-0.39, 0.29) is 5.75 Å². The number of benzene rings is 2. The zero-order valence-electron chi connectivity index (χ0n) is 12.7. The van der Waals surface area contributed by atoms with Crippen LogP contribution in [-0.4, -0.2) is 17.3 Å². The van der Waals surface area contributed by atoms with E-state index in [2.05, 4.69) is 15.0 Å². The minimum Gasteiger partial charge on any atom is -0.406 e. The normalized spacial score (nSPS) is 11.3. The molecular weight excluding hydrogens is 335 g/mol. The first-order valence-corrected chi connectivity index (χ1v) is 7.13. The molecule has 0 radical (unpaired) electrons. The van der Waals surface area contributed by atoms with Gasteiger partial charge in [-0.1, -0.05) is 0 Å². The number of carbonyl (C=O) groups is 1. The maximum atomic E-state index is 12.3. The maximum absolute atomic E-state index is 12.3. The zero-order chi connectivity index (χ0) is 18.0. The first-order valence-electron chi connectivity index (χ1n) is 7.13. The van der Waals surface area contributed by atoms with Crippen LogP contribution in [-0.2, 0) is 0 Å². The molecule has 25 heavy (non-hydrogen) atoms. The molecule has 0 aliphatic rings. The lowest BCUT2D eigenvalue weighted by Gasteiger charge is -2.12. The highest BCUT2D eigenvalue weighted by atomic mass is 19.4. The Morgan fingerprint density at radius 2 is 1.80 bits per heavy atom. The number of hydrogen-bond donors (Lipinski definition) is 2. The van der Waals surface area contributed by atoms with Crippen LogP contribution >= 0.6 is 0 Å². The summed E-state index contributed by atoms with van der Waals surface area (Å²) in [4.78, 5) is 15.1. The Kier molecular flexibility index (Phi) is 4.18. The third kappa shape index (κ3) is 3.97. The SMILES string of the molecule is NC(=O)c1ccc(Nc2ccnc3cc(OC(F)(F)F)ccc23)cc1. The molecule has 1 aromatic heterocycles. The molecule has 3 aromatic rings. The van der Waals surface area contributed by atoms with Gasteiger partial charge in [0.1, 0.15) is 5.75 Å². The van der Waals surface area contributed by atoms with E-state index >= 15 is 0 Å². The van der Waals surface area contributed by atoms with E-state index in [1.54, 1.807) is 30.3 Å². The van der Waals surface area contributed by atoms with Crippen molar-refractivity contribution in [1.82, 2.24) is 4.98 Å². The molecule has 3 rings (SSSR count). The molecule has 0 aliphatic carbocycles. The molecular formula is C17H12F3N3O2. The molecule has 1 heterocycles. The number of hydrogen-bond acceptors (Lipinski definition) is 4. The minimum absolute atomic E-state index is 0.338. The molecule has 0 saturated heterocycles. The van der Waals surface area contributed by atoms with Crippen molar-refractivity contribution in [2.45, 2.75) is 6.36 Å². The monoisotopic (exact) mass is 347 g/mol. The average molecular weight is 347 g/mol. The van der Waals surface area contributed by atoms with Crippen molar-refractivity contribution in [3.8, 4) is 5.75 Å². The minimum atomic E-state index is -4.76. The lowest BCUT2D eigenvalue weighted by Crippen LogP contribution is -2.17. The summed E-state index contributed by atoms with van der Waals surface area (Å²) < 4.78 is 40.8. The molecule has 0 spiro atoms. The van der Waals surface area contributed by atoms with Crippen LogP contribution in [0.5, 0.6) is 5.75 Å². The molecule has 8 heteroatoms. The number of nitrogens with one attached hydrogen (secondary N) is 1. The summed E-state index contributed by atoms with van der Waals surface area (Å²) in [5.74, 6) is -0.867. The summed E-state index contributed by atoms with van der Waals surface area (Å²) >= 11 is 0. The molecule has 5 nitrogen and oxygen atoms in total. The average Bonchev–Trinajstić information content (AvgIpc) is 2.54. The van der Waals surface area contributed by atoms with E-state index in [1.165, 1.54) is 24.4 Å². The van der Waals surface area contributed by atoms with Crippen molar-refractivity contribution in [3.05, 3.63) is 60.3 Å². The third-order valence-electron chi connectivity index (χ3n) is 3.40. The van der Waals surface area contributed by atoms with Crippen LogP contribution in [0.1, 0.15) is 10.4 Å². The van der Waals surface area contributed by atoms with Crippen LogP contribution in [0, 0.1) is 0 Å². The number of primary amides is 1. The Bertz CT molecular complexity index is 925. The fourth-order valence-corrected chi connectivity index (χ4v) is 2.31. The largest absolute Gasteiger partial charge is 0.573 e. The fraction of sp³-hybridized carbons (Fsp3) is 0.0588. The van der Waals surface area contributed by atoms with Gasteiger partial charge in [-0.2, -0.15) is 0 Å². The maximum Gasteiger partial charge on any atom is 0.573 e. The van der Waals surface area contributed by atoms with E-state index in [9.17, 15) is 18.0 Å². The number of aromatic nitrogens is 1. The number of nitrogens with zero attached hydrogens (tertiary/aromatic N) is 1. The molecule has 0 aliphatic heterocycles. The van der Waals surface area contributed by atoms with Gasteiger partial charge < -0.3 is 15.8 Å². The smallest absolute Gasteiger partial charge is 0.406 e. The molecule has 0 unspecified atom stereocenters. The lowest BCUT2D eigenvalue weighted by atomic mass is 10.1. The fourth-order valence-electron chi connectivity index (χ4n) is 2.31. The van der Waals surface area contributed by atoms with Gasteiger partial charge in [0.25, 0.3) is 0 Å². The molecule has 0 bridgehead atoms. The van der Waals surface area contributed by atoms with Gasteiger partial charge in [0, 0.05) is 34.6 Å². The van der Waals surface area contributed by atoms with Crippen LogP contribution in [0.25, 0.3) is 10.9 Å². The van der Waals surface area contributed by atoms with Gasteiger partial charge in [-0.25, -0.2) is 0 Å². The summed E-state index contributed by atoms with van der Waals surface area (Å²) in [7, 11) is 0. The van der Waals surface area contributed by atoms with E-state index in [1.807, 2.05) is 0 Å². The van der Waals surface area contributed by atoms with Gasteiger partial charge in [-0.3, -0.25) is 9.78 Å². The number of fused-ring (bicyclic) bond motifs is 1. The zero-order valence-corrected chi connectivity index (χ0v) is 12.7. The van der Waals surface area contributed by atoms with Gasteiger partial charge in [-0.05, 0) is 42.5 Å². The predicted molar refractivity (Wildman–Crippen MR) is 86.7 cm³/mol. The van der Waals surface area contributed by atoms with E-state index in [4.69, 9.17) is 5.73 Å². The van der Waals surface area contributed by atoms with Crippen LogP contribution < -0.4 is 15.8 Å². The summed E-state index contributed by atoms with van der Waals surface area (Å²) in [5.41, 5.74) is 7.25. The second-order valence-electron chi connectivity index (χ2n) is 5.15. The van der Waals surface area contributed by atoms with Crippen molar-refractivity contribution in [3.63, 3.8) is 0 Å². The highest BCUT2D eigenvalue weighted by Crippen LogP contribution is 2.30. The van der Waals surface area contributed by atoms with E-state index < -0.39 is 12.3 Å². The van der Waals surface area contributed by atoms with Crippen LogP contribution in [0.3, 0.4) is 0 Å². The van der Waals surface area contributed by atoms with Crippen LogP contribution in [0.4, 0.5) is 24.5 Å². The number of amides is 1. The Balaban J connectivity index is 1.90. The van der Waals surface area contributed by atoms with Crippen molar-refractivity contribution in [2.24, 2.45) is 5.73 Å². The number of pyridine rings is 1. The number of nitrogens with two attached hydrogens (primary N) is 1. The second-order valence-corrected chi connectivity index (χ2v) is 5.15. The van der Waals surface area contributed by atoms with Crippen molar-refractivity contribution < 1.29 is 22.7 Å². The molecule has 0 saturated carbocycles. The second kappa shape index (κ2) is 6.31. The molecule has 1 amide bonds. The predicted octanol–water partition coefficient (Wildman–Crippen LogP) is 3.98. The summed E-state index contributed by atoms with van der Waals surface area (Å²) in [6, 6.07) is 12.1. The van der Waals surface area contributed by atoms with E-state index in [0.29, 0.717) is 27.8 Å². The summed E-state index contributed by atoms with van der Waals surface area (Å²) in [5, 5.41) is 3.75. The van der Waals surface area contributed by atoms with Crippen molar-refractivity contribution in [1.29, 1.82) is 0 Å². The van der Waals surface area contributed by atoms with Gasteiger partial charge in [0.2, 0.25) is 5.91 Å². The van der Waals surface area contributed by atoms with Crippen molar-refractivity contribution in [2.75, 3.05) is 5.32 Å². The van der Waals surface area contributed by atoms with Gasteiger partial charge in [-0.15, -0.1) is 13.2 Å². The Hall–Kier alpha value is -3.29. The topological polar surface area (TPSA) is 77.2 Å². The number of halogens is 3. The standard InChI is InChI=1S/C17H12F3N3O2/c18-17(19,20)25-12-5-6-13-14(7-8-22-15(13)9-12)23-11-3-1-10(2-4-11)16(21)24/h1-9H,(H2,21,24)(H,22,23). The van der Waals surface area contributed by atoms with Gasteiger partial charge in [0.05, 0.1) is 5.52 Å². The summed E-state index contributed by atoms with van der Waals surface area (Å²) in [6.07, 6.45) is -3.29. The third-order valence-corrected chi connectivity index (χ3v) is 3.40. The first kappa shape index (κ1) is 16.6.